The lowest BCUT2D eigenvalue weighted by Crippen LogP contribution is -2.22. The number of rotatable bonds is 7. The van der Waals surface area contributed by atoms with E-state index in [1.54, 1.807) is 16.7 Å². The number of carbonyl (C=O) groups excluding carboxylic acids is 1. The van der Waals surface area contributed by atoms with Crippen LogP contribution < -0.4 is 5.56 Å². The highest BCUT2D eigenvalue weighted by Crippen LogP contribution is 2.25. The summed E-state index contributed by atoms with van der Waals surface area (Å²) in [5, 5.41) is 9.71. The largest absolute Gasteiger partial charge is 0.318 e. The molecule has 0 aliphatic carbocycles. The molecule has 0 radical (unpaired) electrons. The van der Waals surface area contributed by atoms with Gasteiger partial charge in [-0.3, -0.25) is 18.6 Å². The van der Waals surface area contributed by atoms with Gasteiger partial charge in [0.05, 0.1) is 16.7 Å². The second kappa shape index (κ2) is 8.79. The molecule has 170 valence electrons. The van der Waals surface area contributed by atoms with Crippen molar-refractivity contribution in [3.8, 4) is 5.69 Å². The zero-order chi connectivity index (χ0) is 23.8. The molecule has 0 saturated heterocycles. The summed E-state index contributed by atoms with van der Waals surface area (Å²) in [4.78, 5) is 26.2. The Bertz CT molecular complexity index is 1610. The number of ketones is 1. The monoisotopic (exact) mass is 469 g/mol. The molecule has 7 nitrogen and oxygen atoms in total. The zero-order valence-electron chi connectivity index (χ0n) is 18.9. The van der Waals surface area contributed by atoms with Crippen LogP contribution in [0.5, 0.6) is 0 Å². The average Bonchev–Trinajstić information content (AvgIpc) is 3.41. The summed E-state index contributed by atoms with van der Waals surface area (Å²) < 4.78 is 5.47. The van der Waals surface area contributed by atoms with Gasteiger partial charge in [0.25, 0.3) is 5.56 Å². The number of nitrogens with zero attached hydrogens (tertiary/aromatic N) is 5. The minimum atomic E-state index is -0.142. The molecular weight excluding hydrogens is 446 g/mol. The first-order valence-corrected chi connectivity index (χ1v) is 11.9. The molecule has 0 N–H and O–H groups in total. The summed E-state index contributed by atoms with van der Waals surface area (Å²) in [5.74, 6) is 0.649. The van der Waals surface area contributed by atoms with E-state index in [9.17, 15) is 9.59 Å². The van der Waals surface area contributed by atoms with Gasteiger partial charge in [-0.15, -0.1) is 16.8 Å². The minimum absolute atomic E-state index is 0.0146. The quantitative estimate of drug-likeness (QED) is 0.198. The fourth-order valence-corrected chi connectivity index (χ4v) is 5.17. The number of aryl methyl sites for hydroxylation is 1. The normalized spacial score (nSPS) is 11.4. The third kappa shape index (κ3) is 3.56. The number of benzene rings is 2. The van der Waals surface area contributed by atoms with E-state index in [0.717, 1.165) is 17.1 Å². The molecule has 0 fully saturated rings. The molecule has 0 bridgehead atoms. The molecule has 3 heterocycles. The molecule has 0 spiro atoms. The maximum atomic E-state index is 13.2. The van der Waals surface area contributed by atoms with Crippen molar-refractivity contribution >= 4 is 34.2 Å². The lowest BCUT2D eigenvalue weighted by Gasteiger charge is -2.10. The molecule has 0 atom stereocenters. The van der Waals surface area contributed by atoms with Crippen LogP contribution in [0.1, 0.15) is 21.7 Å². The number of allylic oxidation sites excluding steroid dienone is 1. The van der Waals surface area contributed by atoms with Gasteiger partial charge in [0.1, 0.15) is 0 Å². The van der Waals surface area contributed by atoms with E-state index < -0.39 is 0 Å². The van der Waals surface area contributed by atoms with Crippen LogP contribution in [0.25, 0.3) is 22.4 Å². The Morgan fingerprint density at radius 3 is 2.56 bits per heavy atom. The van der Waals surface area contributed by atoms with Crippen LogP contribution in [0.3, 0.4) is 0 Å². The maximum absolute atomic E-state index is 13.2. The summed E-state index contributed by atoms with van der Waals surface area (Å²) in [6, 6.07) is 19.3. The molecule has 0 unspecified atom stereocenters. The maximum Gasteiger partial charge on any atom is 0.263 e. The van der Waals surface area contributed by atoms with E-state index in [1.165, 1.54) is 11.8 Å². The highest BCUT2D eigenvalue weighted by atomic mass is 32.2. The van der Waals surface area contributed by atoms with Crippen molar-refractivity contribution in [1.29, 1.82) is 0 Å². The van der Waals surface area contributed by atoms with Gasteiger partial charge in [-0.25, -0.2) is 0 Å². The summed E-state index contributed by atoms with van der Waals surface area (Å²) in [7, 11) is 0. The molecule has 34 heavy (non-hydrogen) atoms. The summed E-state index contributed by atoms with van der Waals surface area (Å²) in [6.45, 7) is 8.04. The van der Waals surface area contributed by atoms with Crippen molar-refractivity contribution in [2.24, 2.45) is 0 Å². The van der Waals surface area contributed by atoms with Gasteiger partial charge < -0.3 is 4.57 Å². The van der Waals surface area contributed by atoms with Crippen LogP contribution >= 0.6 is 11.8 Å². The predicted octanol–water partition coefficient (Wildman–Crippen LogP) is 4.61. The standard InChI is InChI=1S/C26H23N5O2S/c1-4-14-29-24(33)20-12-8-9-13-22(20)31-25(29)27-28-26(31)34-16-23(32)21-15-17(2)30(18(21)3)19-10-6-5-7-11-19/h4-13,15H,1,14,16H2,2-3H3. The third-order valence-corrected chi connectivity index (χ3v) is 6.80. The number of carbonyl (C=O) groups is 1. The number of thioether (sulfide) groups is 1. The topological polar surface area (TPSA) is 74.2 Å². The second-order valence-corrected chi connectivity index (χ2v) is 8.95. The average molecular weight is 470 g/mol. The molecule has 0 amide bonds. The van der Waals surface area contributed by atoms with Crippen molar-refractivity contribution in [3.05, 3.63) is 101 Å². The number of para-hydroxylation sites is 2. The molecule has 8 heteroatoms. The van der Waals surface area contributed by atoms with E-state index in [4.69, 9.17) is 0 Å². The van der Waals surface area contributed by atoms with Crippen molar-refractivity contribution in [2.45, 2.75) is 25.5 Å². The van der Waals surface area contributed by atoms with Crippen LogP contribution in [0.15, 0.2) is 83.3 Å². The molecule has 0 aliphatic heterocycles. The first-order valence-electron chi connectivity index (χ1n) is 10.9. The van der Waals surface area contributed by atoms with Crippen LogP contribution in [0, 0.1) is 13.8 Å². The molecule has 0 aliphatic rings. The van der Waals surface area contributed by atoms with Crippen LogP contribution in [-0.4, -0.2) is 35.3 Å². The van der Waals surface area contributed by atoms with Crippen LogP contribution in [0.2, 0.25) is 0 Å². The van der Waals surface area contributed by atoms with Crippen molar-refractivity contribution in [2.75, 3.05) is 5.75 Å². The Balaban J connectivity index is 1.51. The Kier molecular flexibility index (Phi) is 5.67. The van der Waals surface area contributed by atoms with Gasteiger partial charge in [-0.2, -0.15) is 0 Å². The third-order valence-electron chi connectivity index (χ3n) is 5.87. The van der Waals surface area contributed by atoms with E-state index >= 15 is 0 Å². The minimum Gasteiger partial charge on any atom is -0.318 e. The lowest BCUT2D eigenvalue weighted by molar-refractivity contribution is 0.102. The van der Waals surface area contributed by atoms with E-state index in [1.807, 2.05) is 72.8 Å². The Morgan fingerprint density at radius 2 is 1.79 bits per heavy atom. The van der Waals surface area contributed by atoms with Gasteiger partial charge in [-0.05, 0) is 44.2 Å². The summed E-state index contributed by atoms with van der Waals surface area (Å²) >= 11 is 1.32. The lowest BCUT2D eigenvalue weighted by atomic mass is 10.2. The summed E-state index contributed by atoms with van der Waals surface area (Å²) in [6.07, 6.45) is 1.66. The van der Waals surface area contributed by atoms with E-state index in [-0.39, 0.29) is 17.1 Å². The number of fused-ring (bicyclic) bond motifs is 3. The van der Waals surface area contributed by atoms with Crippen LogP contribution in [-0.2, 0) is 6.54 Å². The smallest absolute Gasteiger partial charge is 0.263 e. The second-order valence-electron chi connectivity index (χ2n) is 8.01. The van der Waals surface area contributed by atoms with Gasteiger partial charge in [0.15, 0.2) is 10.9 Å². The van der Waals surface area contributed by atoms with E-state index in [2.05, 4.69) is 21.3 Å². The molecule has 2 aromatic carbocycles. The Hall–Kier alpha value is -3.91. The SMILES string of the molecule is C=CCn1c(=O)c2ccccc2n2c(SCC(=O)c3cc(C)n(-c4ccccc4)c3C)nnc12. The molecule has 3 aromatic heterocycles. The van der Waals surface area contributed by atoms with Gasteiger partial charge in [0, 0.05) is 29.2 Å². The molecule has 5 rings (SSSR count). The Labute approximate surface area is 200 Å². The van der Waals surface area contributed by atoms with Gasteiger partial charge in [-0.1, -0.05) is 48.2 Å². The molecular formula is C26H23N5O2S. The van der Waals surface area contributed by atoms with Crippen LogP contribution in [0.4, 0.5) is 0 Å². The number of Topliss-reactive ketones (excluding diaryl/α,β-unsaturated/α-hetero) is 1. The number of aromatic nitrogens is 5. The van der Waals surface area contributed by atoms with Gasteiger partial charge in [0.2, 0.25) is 5.78 Å². The predicted molar refractivity (Wildman–Crippen MR) is 135 cm³/mol. The fraction of sp³-hybridized carbons (Fsp3) is 0.154. The first-order chi connectivity index (χ1) is 16.5. The van der Waals surface area contributed by atoms with Crippen molar-refractivity contribution in [1.82, 2.24) is 23.7 Å². The molecule has 5 aromatic rings. The van der Waals surface area contributed by atoms with Crippen molar-refractivity contribution < 1.29 is 4.79 Å². The number of hydrogen-bond donors (Lipinski definition) is 0. The number of hydrogen-bond acceptors (Lipinski definition) is 5. The van der Waals surface area contributed by atoms with Crippen molar-refractivity contribution in [3.63, 3.8) is 0 Å². The summed E-state index contributed by atoms with van der Waals surface area (Å²) in [5.41, 5.74) is 4.20. The van der Waals surface area contributed by atoms with Gasteiger partial charge >= 0.3 is 0 Å². The Morgan fingerprint density at radius 1 is 1.06 bits per heavy atom. The molecule has 0 saturated carbocycles. The highest BCUT2D eigenvalue weighted by Gasteiger charge is 2.20. The zero-order valence-corrected chi connectivity index (χ0v) is 19.7. The first kappa shape index (κ1) is 21.9. The highest BCUT2D eigenvalue weighted by molar-refractivity contribution is 7.99. The fourth-order valence-electron chi connectivity index (χ4n) is 4.35. The van der Waals surface area contributed by atoms with E-state index in [0.29, 0.717) is 33.9 Å².